The molecule has 0 aliphatic heterocycles. The minimum Gasteiger partial charge on any atom is -0.457 e. The van der Waals surface area contributed by atoms with Gasteiger partial charge in [-0.3, -0.25) is 0 Å². The van der Waals surface area contributed by atoms with Crippen LogP contribution in [-0.4, -0.2) is 21.1 Å². The third-order valence-corrected chi connectivity index (χ3v) is 2.99. The molecule has 20 heavy (non-hydrogen) atoms. The number of anilines is 1. The maximum absolute atomic E-state index is 13.8. The van der Waals surface area contributed by atoms with E-state index in [0.717, 1.165) is 5.69 Å². The van der Waals surface area contributed by atoms with Crippen LogP contribution in [0.4, 0.5) is 10.1 Å². The fraction of sp³-hybridized carbons (Fsp3) is 0.250. The molecule has 1 N–H and O–H groups in total. The third kappa shape index (κ3) is 3.27. The van der Waals surface area contributed by atoms with Gasteiger partial charge < -0.3 is 15.0 Å². The van der Waals surface area contributed by atoms with E-state index in [1.807, 2.05) is 43.3 Å². The van der Waals surface area contributed by atoms with Gasteiger partial charge in [0.25, 0.3) is 0 Å². The van der Waals surface area contributed by atoms with Crippen LogP contribution < -0.4 is 15.0 Å². The topological polar surface area (TPSA) is 24.5 Å². The van der Waals surface area contributed by atoms with Gasteiger partial charge in [0.2, 0.25) is 0 Å². The predicted molar refractivity (Wildman–Crippen MR) is 80.0 cm³/mol. The summed E-state index contributed by atoms with van der Waals surface area (Å²) in [7, 11) is 5.71. The SMILES string of the molecule is CNCc1c(F)cccc1Oc1cccc(N(C)C)c1. The van der Waals surface area contributed by atoms with Crippen LogP contribution in [-0.2, 0) is 6.54 Å². The molecule has 0 saturated heterocycles. The molecule has 0 atom stereocenters. The van der Waals surface area contributed by atoms with E-state index in [-0.39, 0.29) is 5.82 Å². The Morgan fingerprint density at radius 1 is 1.15 bits per heavy atom. The summed E-state index contributed by atoms with van der Waals surface area (Å²) in [6.45, 7) is 0.426. The molecule has 4 heteroatoms. The second-order valence-corrected chi connectivity index (χ2v) is 4.74. The van der Waals surface area contributed by atoms with Crippen molar-refractivity contribution in [3.05, 3.63) is 53.8 Å². The number of rotatable bonds is 5. The third-order valence-electron chi connectivity index (χ3n) is 2.99. The van der Waals surface area contributed by atoms with E-state index in [9.17, 15) is 4.39 Å². The van der Waals surface area contributed by atoms with Crippen molar-refractivity contribution in [3.63, 3.8) is 0 Å². The van der Waals surface area contributed by atoms with E-state index >= 15 is 0 Å². The minimum atomic E-state index is -0.263. The van der Waals surface area contributed by atoms with E-state index in [4.69, 9.17) is 4.74 Å². The van der Waals surface area contributed by atoms with Crippen LogP contribution in [0.5, 0.6) is 11.5 Å². The molecule has 2 aromatic carbocycles. The second kappa shape index (κ2) is 6.39. The summed E-state index contributed by atoms with van der Waals surface area (Å²) in [6, 6.07) is 12.6. The van der Waals surface area contributed by atoms with Crippen LogP contribution in [0.1, 0.15) is 5.56 Å². The molecule has 0 heterocycles. The molecule has 0 aliphatic rings. The first kappa shape index (κ1) is 14.3. The Morgan fingerprint density at radius 3 is 2.60 bits per heavy atom. The van der Waals surface area contributed by atoms with Crippen molar-refractivity contribution in [1.82, 2.24) is 5.32 Å². The summed E-state index contributed by atoms with van der Waals surface area (Å²) in [5, 5.41) is 2.95. The predicted octanol–water partition coefficient (Wildman–Crippen LogP) is 3.40. The molecular formula is C16H19FN2O. The normalized spacial score (nSPS) is 10.4. The van der Waals surface area contributed by atoms with E-state index in [0.29, 0.717) is 23.6 Å². The fourth-order valence-corrected chi connectivity index (χ4v) is 1.93. The highest BCUT2D eigenvalue weighted by molar-refractivity contribution is 5.50. The van der Waals surface area contributed by atoms with Gasteiger partial charge >= 0.3 is 0 Å². The Balaban J connectivity index is 2.30. The maximum Gasteiger partial charge on any atom is 0.134 e. The van der Waals surface area contributed by atoms with Crippen LogP contribution in [0.2, 0.25) is 0 Å². The van der Waals surface area contributed by atoms with Crippen molar-refractivity contribution >= 4 is 5.69 Å². The van der Waals surface area contributed by atoms with Crippen molar-refractivity contribution in [3.8, 4) is 11.5 Å². The van der Waals surface area contributed by atoms with Gasteiger partial charge in [0, 0.05) is 38.0 Å². The molecule has 0 radical (unpaired) electrons. The minimum absolute atomic E-state index is 0.263. The van der Waals surface area contributed by atoms with Crippen molar-refractivity contribution < 1.29 is 9.13 Å². The molecule has 0 aliphatic carbocycles. The summed E-state index contributed by atoms with van der Waals surface area (Å²) >= 11 is 0. The van der Waals surface area contributed by atoms with Gasteiger partial charge in [-0.2, -0.15) is 0 Å². The van der Waals surface area contributed by atoms with Crippen LogP contribution >= 0.6 is 0 Å². The maximum atomic E-state index is 13.8. The number of nitrogens with zero attached hydrogens (tertiary/aromatic N) is 1. The smallest absolute Gasteiger partial charge is 0.134 e. The molecule has 0 saturated carbocycles. The zero-order chi connectivity index (χ0) is 14.5. The van der Waals surface area contributed by atoms with Crippen molar-refractivity contribution in [1.29, 1.82) is 0 Å². The number of halogens is 1. The van der Waals surface area contributed by atoms with Gasteiger partial charge in [-0.15, -0.1) is 0 Å². The molecule has 0 bridgehead atoms. The monoisotopic (exact) mass is 274 g/mol. The van der Waals surface area contributed by atoms with Crippen molar-refractivity contribution in [2.45, 2.75) is 6.54 Å². The lowest BCUT2D eigenvalue weighted by Crippen LogP contribution is -2.09. The molecule has 0 aromatic heterocycles. The highest BCUT2D eigenvalue weighted by Crippen LogP contribution is 2.29. The van der Waals surface area contributed by atoms with Gasteiger partial charge in [-0.25, -0.2) is 4.39 Å². The molecule has 0 amide bonds. The number of benzene rings is 2. The Morgan fingerprint density at radius 2 is 1.90 bits per heavy atom. The molecule has 2 aromatic rings. The van der Waals surface area contributed by atoms with Crippen molar-refractivity contribution in [2.75, 3.05) is 26.0 Å². The van der Waals surface area contributed by atoms with E-state index in [1.165, 1.54) is 6.07 Å². The lowest BCUT2D eigenvalue weighted by atomic mass is 10.2. The van der Waals surface area contributed by atoms with Gasteiger partial charge in [-0.05, 0) is 31.3 Å². The Kier molecular flexibility index (Phi) is 4.58. The zero-order valence-electron chi connectivity index (χ0n) is 12.0. The molecule has 0 unspecified atom stereocenters. The summed E-state index contributed by atoms with van der Waals surface area (Å²) in [5.74, 6) is 0.968. The Hall–Kier alpha value is -2.07. The molecule has 2 rings (SSSR count). The van der Waals surface area contributed by atoms with E-state index in [1.54, 1.807) is 19.2 Å². The molecule has 106 valence electrons. The number of hydrogen-bond donors (Lipinski definition) is 1. The first-order valence-corrected chi connectivity index (χ1v) is 6.49. The van der Waals surface area contributed by atoms with Gasteiger partial charge in [0.15, 0.2) is 0 Å². The Labute approximate surface area is 119 Å². The van der Waals surface area contributed by atoms with Crippen LogP contribution in [0.15, 0.2) is 42.5 Å². The average molecular weight is 274 g/mol. The summed E-state index contributed by atoms with van der Waals surface area (Å²) in [4.78, 5) is 1.99. The van der Waals surface area contributed by atoms with Crippen LogP contribution in [0.25, 0.3) is 0 Å². The first-order valence-electron chi connectivity index (χ1n) is 6.49. The Bertz CT molecular complexity index is 584. The van der Waals surface area contributed by atoms with Gasteiger partial charge in [0.1, 0.15) is 17.3 Å². The number of ether oxygens (including phenoxy) is 1. The van der Waals surface area contributed by atoms with E-state index < -0.39 is 0 Å². The zero-order valence-corrected chi connectivity index (χ0v) is 12.0. The fourth-order valence-electron chi connectivity index (χ4n) is 1.93. The molecule has 0 fully saturated rings. The standard InChI is InChI=1S/C16H19FN2O/c1-18-11-14-15(17)8-5-9-16(14)20-13-7-4-6-12(10-13)19(2)3/h4-10,18H,11H2,1-3H3. The summed E-state index contributed by atoms with van der Waals surface area (Å²) < 4.78 is 19.6. The summed E-state index contributed by atoms with van der Waals surface area (Å²) in [6.07, 6.45) is 0. The highest BCUT2D eigenvalue weighted by Gasteiger charge is 2.10. The highest BCUT2D eigenvalue weighted by atomic mass is 19.1. The van der Waals surface area contributed by atoms with Gasteiger partial charge in [0.05, 0.1) is 0 Å². The molecule has 0 spiro atoms. The lowest BCUT2D eigenvalue weighted by molar-refractivity contribution is 0.464. The molecular weight excluding hydrogens is 255 g/mol. The number of nitrogens with one attached hydrogen (secondary N) is 1. The van der Waals surface area contributed by atoms with E-state index in [2.05, 4.69) is 5.32 Å². The summed E-state index contributed by atoms with van der Waals surface area (Å²) in [5.41, 5.74) is 1.57. The average Bonchev–Trinajstić information content (AvgIpc) is 2.43. The van der Waals surface area contributed by atoms with Crippen LogP contribution in [0, 0.1) is 5.82 Å². The molecule has 3 nitrogen and oxygen atoms in total. The second-order valence-electron chi connectivity index (χ2n) is 4.74. The quantitative estimate of drug-likeness (QED) is 0.904. The largest absolute Gasteiger partial charge is 0.457 e. The van der Waals surface area contributed by atoms with Crippen molar-refractivity contribution in [2.24, 2.45) is 0 Å². The van der Waals surface area contributed by atoms with Crippen LogP contribution in [0.3, 0.4) is 0 Å². The number of hydrogen-bond acceptors (Lipinski definition) is 3. The first-order chi connectivity index (χ1) is 9.61. The van der Waals surface area contributed by atoms with Gasteiger partial charge in [-0.1, -0.05) is 12.1 Å². The lowest BCUT2D eigenvalue weighted by Gasteiger charge is -2.15.